The van der Waals surface area contributed by atoms with Crippen LogP contribution in [0.2, 0.25) is 0 Å². The second kappa shape index (κ2) is 9.03. The molecule has 34 heavy (non-hydrogen) atoms. The zero-order chi connectivity index (χ0) is 23.7. The molecule has 6 nitrogen and oxygen atoms in total. The number of rotatable bonds is 4. The lowest BCUT2D eigenvalue weighted by atomic mass is 9.88. The molecule has 5 rings (SSSR count). The summed E-state index contributed by atoms with van der Waals surface area (Å²) in [5, 5.41) is 9.25. The van der Waals surface area contributed by atoms with E-state index < -0.39 is 12.0 Å². The van der Waals surface area contributed by atoms with Crippen molar-refractivity contribution in [3.63, 3.8) is 0 Å². The molecule has 0 spiro atoms. The highest BCUT2D eigenvalue weighted by molar-refractivity contribution is 5.79. The molecule has 3 aromatic rings. The molecular weight excluding hydrogens is 428 g/mol. The fraction of sp³-hybridized carbons (Fsp3) is 0.250. The first kappa shape index (κ1) is 21.7. The molecule has 6 heteroatoms. The molecule has 1 amide bonds. The lowest BCUT2D eigenvalue weighted by Crippen LogP contribution is -2.31. The molecule has 2 aliphatic rings. The van der Waals surface area contributed by atoms with E-state index in [-0.39, 0.29) is 31.0 Å². The number of benzene rings is 3. The third kappa shape index (κ3) is 3.80. The summed E-state index contributed by atoms with van der Waals surface area (Å²) >= 11 is 0. The van der Waals surface area contributed by atoms with Gasteiger partial charge in [0.05, 0.1) is 24.7 Å². The van der Waals surface area contributed by atoms with Crippen LogP contribution in [-0.4, -0.2) is 43.8 Å². The molecule has 170 valence electrons. The van der Waals surface area contributed by atoms with Crippen molar-refractivity contribution >= 4 is 12.1 Å². The number of nitriles is 1. The number of nitrogens with zero attached hydrogens (tertiary/aromatic N) is 2. The largest absolute Gasteiger partial charge is 0.469 e. The quantitative estimate of drug-likeness (QED) is 0.537. The average molecular weight is 453 g/mol. The zero-order valence-corrected chi connectivity index (χ0v) is 18.8. The molecule has 0 saturated carbocycles. The smallest absolute Gasteiger partial charge is 0.409 e. The van der Waals surface area contributed by atoms with Crippen molar-refractivity contribution in [1.82, 2.24) is 4.90 Å². The van der Waals surface area contributed by atoms with E-state index in [0.29, 0.717) is 12.1 Å². The van der Waals surface area contributed by atoms with E-state index in [1.807, 2.05) is 30.3 Å². The van der Waals surface area contributed by atoms with Gasteiger partial charge in [-0.3, -0.25) is 4.79 Å². The molecule has 2 atom stereocenters. The fourth-order valence-electron chi connectivity index (χ4n) is 5.21. The van der Waals surface area contributed by atoms with Crippen molar-refractivity contribution in [2.24, 2.45) is 5.92 Å². The molecule has 1 aliphatic heterocycles. The fourth-order valence-corrected chi connectivity index (χ4v) is 5.21. The number of methoxy groups -OCH3 is 1. The Labute approximate surface area is 198 Å². The van der Waals surface area contributed by atoms with Crippen molar-refractivity contribution in [2.75, 3.05) is 26.8 Å². The summed E-state index contributed by atoms with van der Waals surface area (Å²) in [5.74, 6) is -1.18. The normalized spacial score (nSPS) is 18.6. The maximum absolute atomic E-state index is 13.1. The van der Waals surface area contributed by atoms with Crippen molar-refractivity contribution in [2.45, 2.75) is 11.8 Å². The Morgan fingerprint density at radius 2 is 1.65 bits per heavy atom. The molecule has 0 aromatic heterocycles. The van der Waals surface area contributed by atoms with Gasteiger partial charge in [-0.2, -0.15) is 5.26 Å². The lowest BCUT2D eigenvalue weighted by Gasteiger charge is -2.19. The first-order valence-electron chi connectivity index (χ1n) is 11.3. The second-order valence-corrected chi connectivity index (χ2v) is 8.68. The van der Waals surface area contributed by atoms with Gasteiger partial charge in [0.1, 0.15) is 6.61 Å². The first-order valence-corrected chi connectivity index (χ1v) is 11.3. The number of carbonyl (C=O) groups is 2. The topological polar surface area (TPSA) is 79.6 Å². The van der Waals surface area contributed by atoms with Gasteiger partial charge in [-0.25, -0.2) is 4.79 Å². The van der Waals surface area contributed by atoms with Gasteiger partial charge in [0.15, 0.2) is 0 Å². The standard InChI is InChI=1S/C28H24N2O4/c1-33-27(31)25-16-30(15-24(25)19-8-6-7-18(13-19)14-29)28(32)34-17-26-22-11-4-2-9-20(22)21-10-3-5-12-23(21)26/h2-13,24-26H,15-17H2,1H3/t24-,25+/m0/s1. The highest BCUT2D eigenvalue weighted by Gasteiger charge is 2.42. The summed E-state index contributed by atoms with van der Waals surface area (Å²) in [4.78, 5) is 27.1. The van der Waals surface area contributed by atoms with E-state index in [1.54, 1.807) is 23.1 Å². The van der Waals surface area contributed by atoms with E-state index in [0.717, 1.165) is 16.7 Å². The van der Waals surface area contributed by atoms with Gasteiger partial charge >= 0.3 is 12.1 Å². The maximum Gasteiger partial charge on any atom is 0.409 e. The number of hydrogen-bond donors (Lipinski definition) is 0. The van der Waals surface area contributed by atoms with Gasteiger partial charge < -0.3 is 14.4 Å². The van der Waals surface area contributed by atoms with Crippen molar-refractivity contribution in [1.29, 1.82) is 5.26 Å². The Morgan fingerprint density at radius 1 is 0.971 bits per heavy atom. The van der Waals surface area contributed by atoms with Crippen molar-refractivity contribution in [3.8, 4) is 17.2 Å². The van der Waals surface area contributed by atoms with Gasteiger partial charge in [-0.15, -0.1) is 0 Å². The highest BCUT2D eigenvalue weighted by Crippen LogP contribution is 2.44. The van der Waals surface area contributed by atoms with Gasteiger partial charge in [0, 0.05) is 24.9 Å². The van der Waals surface area contributed by atoms with Gasteiger partial charge in [0.2, 0.25) is 0 Å². The Bertz CT molecular complexity index is 1250. The van der Waals surface area contributed by atoms with Gasteiger partial charge in [-0.05, 0) is 39.9 Å². The van der Waals surface area contributed by atoms with Crippen LogP contribution in [0, 0.1) is 17.2 Å². The first-order chi connectivity index (χ1) is 16.6. The molecule has 1 heterocycles. The van der Waals surface area contributed by atoms with Crippen LogP contribution in [0.4, 0.5) is 4.79 Å². The number of esters is 1. The van der Waals surface area contributed by atoms with Gasteiger partial charge in [0.25, 0.3) is 0 Å². The minimum absolute atomic E-state index is 0.0292. The van der Waals surface area contributed by atoms with E-state index in [1.165, 1.54) is 18.2 Å². The van der Waals surface area contributed by atoms with Crippen LogP contribution in [-0.2, 0) is 14.3 Å². The zero-order valence-electron chi connectivity index (χ0n) is 18.8. The second-order valence-electron chi connectivity index (χ2n) is 8.68. The van der Waals surface area contributed by atoms with Crippen LogP contribution in [0.5, 0.6) is 0 Å². The van der Waals surface area contributed by atoms with E-state index in [4.69, 9.17) is 9.47 Å². The molecule has 0 unspecified atom stereocenters. The number of hydrogen-bond acceptors (Lipinski definition) is 5. The molecule has 1 fully saturated rings. The molecule has 0 radical (unpaired) electrons. The van der Waals surface area contributed by atoms with Crippen molar-refractivity contribution in [3.05, 3.63) is 95.1 Å². The molecule has 3 aromatic carbocycles. The van der Waals surface area contributed by atoms with Crippen LogP contribution in [0.25, 0.3) is 11.1 Å². The molecule has 0 N–H and O–H groups in total. The minimum Gasteiger partial charge on any atom is -0.469 e. The monoisotopic (exact) mass is 452 g/mol. The number of amides is 1. The minimum atomic E-state index is -0.514. The summed E-state index contributed by atoms with van der Waals surface area (Å²) in [5.41, 5.74) is 5.99. The van der Waals surface area contributed by atoms with Crippen LogP contribution >= 0.6 is 0 Å². The van der Waals surface area contributed by atoms with E-state index in [9.17, 15) is 14.9 Å². The van der Waals surface area contributed by atoms with Crippen LogP contribution < -0.4 is 0 Å². The van der Waals surface area contributed by atoms with Gasteiger partial charge in [-0.1, -0.05) is 60.7 Å². The molecular formula is C28H24N2O4. The maximum atomic E-state index is 13.1. The summed E-state index contributed by atoms with van der Waals surface area (Å²) < 4.78 is 10.8. The predicted molar refractivity (Wildman–Crippen MR) is 126 cm³/mol. The Kier molecular flexibility index (Phi) is 5.77. The lowest BCUT2D eigenvalue weighted by molar-refractivity contribution is -0.145. The Balaban J connectivity index is 1.33. The Morgan fingerprint density at radius 3 is 2.29 bits per heavy atom. The molecule has 0 bridgehead atoms. The number of fused-ring (bicyclic) bond motifs is 3. The third-order valence-corrected chi connectivity index (χ3v) is 6.86. The molecule has 1 aliphatic carbocycles. The summed E-state index contributed by atoms with van der Waals surface area (Å²) in [6.45, 7) is 0.761. The number of carbonyl (C=O) groups excluding carboxylic acids is 2. The molecule has 1 saturated heterocycles. The van der Waals surface area contributed by atoms with E-state index >= 15 is 0 Å². The van der Waals surface area contributed by atoms with E-state index in [2.05, 4.69) is 30.3 Å². The summed E-state index contributed by atoms with van der Waals surface area (Å²) in [6, 6.07) is 25.7. The third-order valence-electron chi connectivity index (χ3n) is 6.86. The predicted octanol–water partition coefficient (Wildman–Crippen LogP) is 4.70. The average Bonchev–Trinajstić information content (AvgIpc) is 3.47. The number of likely N-dealkylation sites (tertiary alicyclic amines) is 1. The van der Waals surface area contributed by atoms with Crippen molar-refractivity contribution < 1.29 is 19.1 Å². The Hall–Kier alpha value is -4.11. The van der Waals surface area contributed by atoms with Crippen LogP contribution in [0.15, 0.2) is 72.8 Å². The van der Waals surface area contributed by atoms with Crippen LogP contribution in [0.1, 0.15) is 34.1 Å². The van der Waals surface area contributed by atoms with Crippen LogP contribution in [0.3, 0.4) is 0 Å². The summed E-state index contributed by atoms with van der Waals surface area (Å²) in [6.07, 6.45) is -0.449. The SMILES string of the molecule is COC(=O)[C@@H]1CN(C(=O)OCC2c3ccccc3-c3ccccc32)C[C@H]1c1cccc(C#N)c1. The highest BCUT2D eigenvalue weighted by atomic mass is 16.6. The number of ether oxygens (including phenoxy) is 2. The summed E-state index contributed by atoms with van der Waals surface area (Å²) in [7, 11) is 1.35.